The Balaban J connectivity index is 1.31. The number of fused-ring (bicyclic) bond motifs is 3. The van der Waals surface area contributed by atoms with Crippen molar-refractivity contribution in [3.8, 4) is 11.5 Å². The summed E-state index contributed by atoms with van der Waals surface area (Å²) in [5.41, 5.74) is 8.13. The zero-order valence-electron chi connectivity index (χ0n) is 21.7. The number of methoxy groups -OCH3 is 1. The van der Waals surface area contributed by atoms with Crippen LogP contribution in [0, 0.1) is 0 Å². The van der Waals surface area contributed by atoms with Crippen molar-refractivity contribution in [1.82, 2.24) is 25.5 Å². The van der Waals surface area contributed by atoms with Gasteiger partial charge >= 0.3 is 0 Å². The number of aliphatic hydroxyl groups is 1. The summed E-state index contributed by atoms with van der Waals surface area (Å²) in [6, 6.07) is 13.7. The summed E-state index contributed by atoms with van der Waals surface area (Å²) in [7, 11) is 1.52. The van der Waals surface area contributed by atoms with E-state index in [9.17, 15) is 9.90 Å². The summed E-state index contributed by atoms with van der Waals surface area (Å²) in [5, 5.41) is 16.7. The number of amides is 1. The van der Waals surface area contributed by atoms with E-state index in [1.165, 1.54) is 19.5 Å². The number of ether oxygens (including phenoxy) is 2. The molecule has 0 unspecified atom stereocenters. The number of amidine groups is 1. The van der Waals surface area contributed by atoms with Crippen molar-refractivity contribution >= 4 is 29.3 Å². The summed E-state index contributed by atoms with van der Waals surface area (Å²) < 4.78 is 11.6. The van der Waals surface area contributed by atoms with Gasteiger partial charge in [-0.05, 0) is 24.6 Å². The summed E-state index contributed by atoms with van der Waals surface area (Å²) in [5.74, 6) is 1.41. The molecule has 2 aromatic carbocycles. The average molecular weight is 531 g/mol. The molecule has 5 rings (SSSR count). The van der Waals surface area contributed by atoms with Crippen molar-refractivity contribution in [2.45, 2.75) is 19.1 Å². The lowest BCUT2D eigenvalue weighted by atomic mass is 10.1. The van der Waals surface area contributed by atoms with Crippen LogP contribution < -0.4 is 25.8 Å². The number of carbonyl (C=O) groups excluding carboxylic acids is 1. The first-order valence-corrected chi connectivity index (χ1v) is 12.5. The zero-order valence-corrected chi connectivity index (χ0v) is 21.7. The maximum absolute atomic E-state index is 12.9. The van der Waals surface area contributed by atoms with Crippen molar-refractivity contribution < 1.29 is 19.4 Å². The number of anilines is 1. The molecule has 3 heterocycles. The van der Waals surface area contributed by atoms with Crippen LogP contribution in [0.15, 0.2) is 64.8 Å². The van der Waals surface area contributed by atoms with E-state index < -0.39 is 12.0 Å². The number of benzene rings is 2. The molecule has 0 bridgehead atoms. The Bertz CT molecular complexity index is 1390. The smallest absolute Gasteiger partial charge is 0.261 e. The number of nitrogens with two attached hydrogens (primary N) is 1. The van der Waals surface area contributed by atoms with E-state index in [0.717, 1.165) is 11.1 Å². The first kappa shape index (κ1) is 26.1. The number of carbonyl (C=O) groups is 1. The number of aliphatic hydroxyl groups excluding tert-OH is 1. The van der Waals surface area contributed by atoms with Gasteiger partial charge in [-0.2, -0.15) is 0 Å². The third-order valence-electron chi connectivity index (χ3n) is 6.40. The number of hydrogen-bond acceptors (Lipinski definition) is 11. The summed E-state index contributed by atoms with van der Waals surface area (Å²) >= 11 is 0. The molecule has 1 amide bonds. The third kappa shape index (κ3) is 5.66. The second-order valence-corrected chi connectivity index (χ2v) is 9.08. The lowest BCUT2D eigenvalue weighted by Crippen LogP contribution is -2.47. The maximum Gasteiger partial charge on any atom is 0.261 e. The first-order chi connectivity index (χ1) is 18.9. The van der Waals surface area contributed by atoms with E-state index in [0.29, 0.717) is 48.6 Å². The number of aromatic nitrogens is 2. The molecule has 1 aromatic heterocycles. The highest BCUT2D eigenvalue weighted by molar-refractivity contribution is 6.20. The van der Waals surface area contributed by atoms with Crippen LogP contribution in [0.3, 0.4) is 0 Å². The maximum atomic E-state index is 12.9. The first-order valence-electron chi connectivity index (χ1n) is 12.5. The van der Waals surface area contributed by atoms with Gasteiger partial charge in [-0.1, -0.05) is 30.3 Å². The number of rotatable bonds is 9. The lowest BCUT2D eigenvalue weighted by molar-refractivity contribution is 0.0973. The van der Waals surface area contributed by atoms with E-state index in [2.05, 4.69) is 25.6 Å². The van der Waals surface area contributed by atoms with Crippen molar-refractivity contribution in [2.24, 2.45) is 9.98 Å². The van der Waals surface area contributed by atoms with Gasteiger partial charge in [-0.3, -0.25) is 20.0 Å². The highest BCUT2D eigenvalue weighted by atomic mass is 16.5. The van der Waals surface area contributed by atoms with Gasteiger partial charge < -0.3 is 25.6 Å². The van der Waals surface area contributed by atoms with Gasteiger partial charge in [0, 0.05) is 37.1 Å². The molecule has 12 nitrogen and oxygen atoms in total. The van der Waals surface area contributed by atoms with Crippen LogP contribution in [0.25, 0.3) is 0 Å². The number of nitrogens with one attached hydrogen (secondary N) is 2. The van der Waals surface area contributed by atoms with E-state index in [1.807, 2.05) is 48.2 Å². The predicted molar refractivity (Wildman–Crippen MR) is 146 cm³/mol. The Kier molecular flexibility index (Phi) is 7.66. The predicted octanol–water partition coefficient (Wildman–Crippen LogP) is 1.65. The summed E-state index contributed by atoms with van der Waals surface area (Å²) in [6.07, 6.45) is 1.94. The van der Waals surface area contributed by atoms with Gasteiger partial charge in [0.05, 0.1) is 19.2 Å². The van der Waals surface area contributed by atoms with Gasteiger partial charge in [0.25, 0.3) is 5.91 Å². The molecule has 2 aliphatic heterocycles. The molecule has 2 atom stereocenters. The molecule has 5 N–H and O–H groups in total. The fourth-order valence-electron chi connectivity index (χ4n) is 4.35. The second-order valence-electron chi connectivity index (χ2n) is 9.08. The minimum atomic E-state index is -0.757. The molecule has 12 heteroatoms. The van der Waals surface area contributed by atoms with Gasteiger partial charge in [-0.25, -0.2) is 15.0 Å². The largest absolute Gasteiger partial charge is 0.491 e. The molecular weight excluding hydrogens is 500 g/mol. The zero-order chi connectivity index (χ0) is 27.4. The SMILES string of the molecule is COc1c(OC[C@H](O)CN[C@H](C)c2ccccc2)ccc2c1N=C(NC(=O)c1cnc(N)nc1)N1CCN=C21. The van der Waals surface area contributed by atoms with Gasteiger partial charge in [0.15, 0.2) is 11.5 Å². The van der Waals surface area contributed by atoms with Crippen LogP contribution in [-0.2, 0) is 0 Å². The highest BCUT2D eigenvalue weighted by Gasteiger charge is 2.33. The number of hydrogen-bond donors (Lipinski definition) is 4. The summed E-state index contributed by atoms with van der Waals surface area (Å²) in [6.45, 7) is 3.54. The number of nitrogen functional groups attached to an aromatic ring is 1. The highest BCUT2D eigenvalue weighted by Crippen LogP contribution is 2.43. The van der Waals surface area contributed by atoms with Crippen LogP contribution in [0.5, 0.6) is 11.5 Å². The molecule has 0 saturated heterocycles. The molecule has 0 aliphatic carbocycles. The number of nitrogens with zero attached hydrogens (tertiary/aromatic N) is 5. The molecule has 0 spiro atoms. The average Bonchev–Trinajstić information content (AvgIpc) is 3.46. The lowest BCUT2D eigenvalue weighted by Gasteiger charge is -2.28. The molecular formula is C27H30N8O4. The molecule has 0 radical (unpaired) electrons. The normalized spacial score (nSPS) is 15.4. The standard InChI is InChI=1S/C27H30N8O4/c1-16(17-6-4-3-5-7-17)30-14-19(36)15-39-21-9-8-20-22(23(21)38-2)33-27(35-11-10-29-24(20)35)34-25(37)18-12-31-26(28)32-13-18/h3-9,12-13,16,19,30,36H,10-11,14-15H2,1-2H3,(H2,28,31,32)(H,33,34,37)/t16-,19-/m1/s1. The topological polar surface area (TPSA) is 160 Å². The molecule has 3 aromatic rings. The Labute approximate surface area is 225 Å². The Morgan fingerprint density at radius 2 is 1.95 bits per heavy atom. The fraction of sp³-hybridized carbons (Fsp3) is 0.296. The second kappa shape index (κ2) is 11.5. The minimum absolute atomic E-state index is 0.0428. The molecule has 202 valence electrons. The number of aliphatic imine (C=N–C) groups is 2. The van der Waals surface area contributed by atoms with Crippen LogP contribution in [0.2, 0.25) is 0 Å². The molecule has 39 heavy (non-hydrogen) atoms. The van der Waals surface area contributed by atoms with Crippen LogP contribution in [0.4, 0.5) is 11.6 Å². The van der Waals surface area contributed by atoms with Gasteiger partial charge in [-0.15, -0.1) is 0 Å². The van der Waals surface area contributed by atoms with Crippen LogP contribution >= 0.6 is 0 Å². The van der Waals surface area contributed by atoms with Crippen molar-refractivity contribution in [3.05, 3.63) is 71.5 Å². The van der Waals surface area contributed by atoms with Crippen molar-refractivity contribution in [3.63, 3.8) is 0 Å². The molecule has 0 fully saturated rings. The molecule has 0 saturated carbocycles. The van der Waals surface area contributed by atoms with E-state index in [4.69, 9.17) is 20.2 Å². The Morgan fingerprint density at radius 3 is 2.69 bits per heavy atom. The van der Waals surface area contributed by atoms with Gasteiger partial charge in [0.1, 0.15) is 24.2 Å². The molecule has 2 aliphatic rings. The monoisotopic (exact) mass is 530 g/mol. The van der Waals surface area contributed by atoms with Crippen LogP contribution in [0.1, 0.15) is 34.5 Å². The quantitative estimate of drug-likeness (QED) is 0.323. The van der Waals surface area contributed by atoms with Crippen molar-refractivity contribution in [1.29, 1.82) is 0 Å². The van der Waals surface area contributed by atoms with E-state index >= 15 is 0 Å². The summed E-state index contributed by atoms with van der Waals surface area (Å²) in [4.78, 5) is 31.8. The van der Waals surface area contributed by atoms with E-state index in [-0.39, 0.29) is 24.2 Å². The van der Waals surface area contributed by atoms with Crippen molar-refractivity contribution in [2.75, 3.05) is 39.1 Å². The fourth-order valence-corrected chi connectivity index (χ4v) is 4.35. The van der Waals surface area contributed by atoms with Crippen LogP contribution in [-0.4, -0.2) is 77.1 Å². The minimum Gasteiger partial charge on any atom is -0.491 e. The van der Waals surface area contributed by atoms with E-state index in [1.54, 1.807) is 6.07 Å². The van der Waals surface area contributed by atoms with Gasteiger partial charge in [0.2, 0.25) is 11.9 Å². The Hall–Kier alpha value is -4.55. The Morgan fingerprint density at radius 1 is 1.18 bits per heavy atom. The number of guanidine groups is 1. The third-order valence-corrected chi connectivity index (χ3v) is 6.40.